The second kappa shape index (κ2) is 7.30. The van der Waals surface area contributed by atoms with E-state index in [0.29, 0.717) is 31.6 Å². The molecule has 0 spiro atoms. The Morgan fingerprint density at radius 1 is 1.36 bits per heavy atom. The number of hydrogen-bond donors (Lipinski definition) is 4. The van der Waals surface area contributed by atoms with Crippen molar-refractivity contribution in [2.75, 3.05) is 13.2 Å². The second-order valence-corrected chi connectivity index (χ2v) is 6.42. The lowest BCUT2D eigenvalue weighted by atomic mass is 10.0. The molecule has 134 valence electrons. The summed E-state index contributed by atoms with van der Waals surface area (Å²) in [6.45, 7) is 1.24. The SMILES string of the molecule is N[C@H](CO)CNCc1cccc2c1CN(C1CCC(=O)NC1=O)C2=O. The van der Waals surface area contributed by atoms with Crippen LogP contribution in [-0.4, -0.2) is 53.0 Å². The van der Waals surface area contributed by atoms with Crippen LogP contribution in [0.4, 0.5) is 0 Å². The van der Waals surface area contributed by atoms with Gasteiger partial charge in [0.05, 0.1) is 6.61 Å². The minimum absolute atomic E-state index is 0.0956. The molecule has 3 amide bonds. The number of carbonyl (C=O) groups excluding carboxylic acids is 3. The smallest absolute Gasteiger partial charge is 0.255 e. The molecule has 3 rings (SSSR count). The molecule has 8 heteroatoms. The number of hydrogen-bond acceptors (Lipinski definition) is 6. The number of nitrogens with one attached hydrogen (secondary N) is 2. The van der Waals surface area contributed by atoms with Gasteiger partial charge in [-0.2, -0.15) is 0 Å². The molecule has 2 aliphatic heterocycles. The standard InChI is InChI=1S/C17H22N4O4/c18-11(9-22)7-19-6-10-2-1-3-12-13(10)8-21(17(12)25)14-4-5-15(23)20-16(14)24/h1-3,11,14,19,22H,4-9,18H2,(H,20,23,24)/t11-,14?/m0/s1. The summed E-state index contributed by atoms with van der Waals surface area (Å²) < 4.78 is 0. The van der Waals surface area contributed by atoms with Gasteiger partial charge in [-0.3, -0.25) is 19.7 Å². The highest BCUT2D eigenvalue weighted by Crippen LogP contribution is 2.29. The molecule has 1 saturated heterocycles. The third-order valence-electron chi connectivity index (χ3n) is 4.64. The van der Waals surface area contributed by atoms with Crippen LogP contribution < -0.4 is 16.4 Å². The van der Waals surface area contributed by atoms with Crippen molar-refractivity contribution in [3.63, 3.8) is 0 Å². The fourth-order valence-electron chi connectivity index (χ4n) is 3.27. The summed E-state index contributed by atoms with van der Waals surface area (Å²) >= 11 is 0. The first-order valence-corrected chi connectivity index (χ1v) is 8.34. The normalized spacial score (nSPS) is 21.3. The second-order valence-electron chi connectivity index (χ2n) is 6.42. The van der Waals surface area contributed by atoms with Crippen LogP contribution in [0.3, 0.4) is 0 Å². The van der Waals surface area contributed by atoms with E-state index in [1.807, 2.05) is 12.1 Å². The van der Waals surface area contributed by atoms with E-state index in [-0.39, 0.29) is 30.9 Å². The van der Waals surface area contributed by atoms with Crippen molar-refractivity contribution in [1.82, 2.24) is 15.5 Å². The lowest BCUT2D eigenvalue weighted by molar-refractivity contribution is -0.136. The highest BCUT2D eigenvalue weighted by atomic mass is 16.3. The number of amides is 3. The van der Waals surface area contributed by atoms with E-state index in [0.717, 1.165) is 11.1 Å². The van der Waals surface area contributed by atoms with Crippen molar-refractivity contribution in [3.05, 3.63) is 34.9 Å². The number of imide groups is 1. The van der Waals surface area contributed by atoms with E-state index in [4.69, 9.17) is 10.8 Å². The van der Waals surface area contributed by atoms with Gasteiger partial charge in [-0.25, -0.2) is 0 Å². The van der Waals surface area contributed by atoms with Crippen molar-refractivity contribution in [2.24, 2.45) is 5.73 Å². The number of piperidine rings is 1. The van der Waals surface area contributed by atoms with Crippen LogP contribution in [-0.2, 0) is 22.7 Å². The predicted octanol–water partition coefficient (Wildman–Crippen LogP) is -1.14. The Morgan fingerprint density at radius 2 is 2.16 bits per heavy atom. The number of fused-ring (bicyclic) bond motifs is 1. The molecule has 0 saturated carbocycles. The molecule has 0 radical (unpaired) electrons. The Balaban J connectivity index is 1.73. The molecule has 0 bridgehead atoms. The topological polar surface area (TPSA) is 125 Å². The number of rotatable bonds is 6. The first-order chi connectivity index (χ1) is 12.0. The summed E-state index contributed by atoms with van der Waals surface area (Å²) in [5, 5.41) is 14.4. The molecule has 8 nitrogen and oxygen atoms in total. The van der Waals surface area contributed by atoms with Crippen LogP contribution in [0, 0.1) is 0 Å². The third-order valence-corrected chi connectivity index (χ3v) is 4.64. The van der Waals surface area contributed by atoms with Gasteiger partial charge < -0.3 is 21.1 Å². The van der Waals surface area contributed by atoms with Gasteiger partial charge in [0.15, 0.2) is 0 Å². The van der Waals surface area contributed by atoms with E-state index in [9.17, 15) is 14.4 Å². The Labute approximate surface area is 145 Å². The van der Waals surface area contributed by atoms with Gasteiger partial charge in [0.2, 0.25) is 11.8 Å². The predicted molar refractivity (Wildman–Crippen MR) is 89.3 cm³/mol. The quantitative estimate of drug-likeness (QED) is 0.483. The van der Waals surface area contributed by atoms with E-state index in [1.54, 1.807) is 6.07 Å². The van der Waals surface area contributed by atoms with Gasteiger partial charge in [-0.15, -0.1) is 0 Å². The van der Waals surface area contributed by atoms with Crippen LogP contribution in [0.5, 0.6) is 0 Å². The number of aliphatic hydroxyl groups excluding tert-OH is 1. The third kappa shape index (κ3) is 3.55. The summed E-state index contributed by atoms with van der Waals surface area (Å²) in [6.07, 6.45) is 0.591. The van der Waals surface area contributed by atoms with Crippen molar-refractivity contribution in [1.29, 1.82) is 0 Å². The summed E-state index contributed by atoms with van der Waals surface area (Å²) in [7, 11) is 0. The average Bonchev–Trinajstić information content (AvgIpc) is 2.92. The zero-order valence-electron chi connectivity index (χ0n) is 13.8. The zero-order chi connectivity index (χ0) is 18.0. The molecule has 0 aromatic heterocycles. The lowest BCUT2D eigenvalue weighted by Gasteiger charge is -2.29. The Hall–Kier alpha value is -2.29. The average molecular weight is 346 g/mol. The number of nitrogens with zero attached hydrogens (tertiary/aromatic N) is 1. The van der Waals surface area contributed by atoms with E-state index >= 15 is 0 Å². The molecule has 1 aromatic carbocycles. The van der Waals surface area contributed by atoms with Crippen LogP contribution in [0.25, 0.3) is 0 Å². The van der Waals surface area contributed by atoms with Crippen molar-refractivity contribution >= 4 is 17.7 Å². The minimum Gasteiger partial charge on any atom is -0.395 e. The first kappa shape index (κ1) is 17.5. The maximum absolute atomic E-state index is 12.7. The van der Waals surface area contributed by atoms with Gasteiger partial charge in [-0.1, -0.05) is 12.1 Å². The monoisotopic (exact) mass is 346 g/mol. The molecule has 2 atom stereocenters. The maximum atomic E-state index is 12.7. The Bertz CT molecular complexity index is 706. The molecular formula is C17H22N4O4. The van der Waals surface area contributed by atoms with Crippen LogP contribution in [0.2, 0.25) is 0 Å². The molecule has 2 aliphatic rings. The Morgan fingerprint density at radius 3 is 2.88 bits per heavy atom. The van der Waals surface area contributed by atoms with Gasteiger partial charge in [0, 0.05) is 37.7 Å². The first-order valence-electron chi connectivity index (χ1n) is 8.34. The summed E-state index contributed by atoms with van der Waals surface area (Å²) in [4.78, 5) is 37.6. The number of benzene rings is 1. The fraction of sp³-hybridized carbons (Fsp3) is 0.471. The molecule has 5 N–H and O–H groups in total. The summed E-state index contributed by atoms with van der Waals surface area (Å²) in [6, 6.07) is 4.55. The van der Waals surface area contributed by atoms with E-state index in [1.165, 1.54) is 4.90 Å². The van der Waals surface area contributed by atoms with Crippen LogP contribution in [0.15, 0.2) is 18.2 Å². The Kier molecular flexibility index (Phi) is 5.12. The fourth-order valence-corrected chi connectivity index (χ4v) is 3.27. The lowest BCUT2D eigenvalue weighted by Crippen LogP contribution is -2.52. The highest BCUT2D eigenvalue weighted by molar-refractivity contribution is 6.05. The van der Waals surface area contributed by atoms with Crippen molar-refractivity contribution < 1.29 is 19.5 Å². The van der Waals surface area contributed by atoms with Gasteiger partial charge >= 0.3 is 0 Å². The number of carbonyl (C=O) groups is 3. The molecule has 0 aliphatic carbocycles. The molecule has 2 heterocycles. The highest BCUT2D eigenvalue weighted by Gasteiger charge is 2.39. The molecule has 1 unspecified atom stereocenters. The van der Waals surface area contributed by atoms with Crippen LogP contribution >= 0.6 is 0 Å². The molecule has 25 heavy (non-hydrogen) atoms. The van der Waals surface area contributed by atoms with Crippen molar-refractivity contribution in [2.45, 2.75) is 38.0 Å². The van der Waals surface area contributed by atoms with E-state index in [2.05, 4.69) is 10.6 Å². The van der Waals surface area contributed by atoms with Gasteiger partial charge in [0.1, 0.15) is 6.04 Å². The minimum atomic E-state index is -0.610. The van der Waals surface area contributed by atoms with Crippen LogP contribution in [0.1, 0.15) is 34.3 Å². The maximum Gasteiger partial charge on any atom is 0.255 e. The molecular weight excluding hydrogens is 324 g/mol. The summed E-state index contributed by atoms with van der Waals surface area (Å²) in [5.74, 6) is -0.889. The summed E-state index contributed by atoms with van der Waals surface area (Å²) in [5.41, 5.74) is 8.12. The van der Waals surface area contributed by atoms with E-state index < -0.39 is 11.9 Å². The van der Waals surface area contributed by atoms with Gasteiger partial charge in [0.25, 0.3) is 5.91 Å². The number of aliphatic hydroxyl groups is 1. The van der Waals surface area contributed by atoms with Crippen molar-refractivity contribution in [3.8, 4) is 0 Å². The van der Waals surface area contributed by atoms with Gasteiger partial charge in [-0.05, 0) is 23.6 Å². The molecule has 1 fully saturated rings. The number of nitrogens with two attached hydrogens (primary N) is 1. The largest absolute Gasteiger partial charge is 0.395 e. The molecule has 1 aromatic rings. The zero-order valence-corrected chi connectivity index (χ0v) is 13.8.